The van der Waals surface area contributed by atoms with Crippen molar-refractivity contribution < 1.29 is 14.0 Å². The van der Waals surface area contributed by atoms with Gasteiger partial charge in [0.2, 0.25) is 8.32 Å². The Bertz CT molecular complexity index is 534. The van der Waals surface area contributed by atoms with Crippen LogP contribution in [0.15, 0.2) is 12.7 Å². The maximum Gasteiger partial charge on any atom is 0.202 e. The molecule has 5 heteroatoms. The number of hydrogen-bond donors (Lipinski definition) is 1. The molecule has 0 bridgehead atoms. The average Bonchev–Trinajstić information content (AvgIpc) is 2.55. The van der Waals surface area contributed by atoms with Gasteiger partial charge in [-0.05, 0) is 47.6 Å². The van der Waals surface area contributed by atoms with Crippen LogP contribution in [0.3, 0.4) is 0 Å². The predicted octanol–water partition coefficient (Wildman–Crippen LogP) is 7.29. The van der Waals surface area contributed by atoms with Gasteiger partial charge in [0.25, 0.3) is 0 Å². The van der Waals surface area contributed by atoms with Crippen LogP contribution in [-0.2, 0) is 8.85 Å². The van der Waals surface area contributed by atoms with Crippen molar-refractivity contribution >= 4 is 16.6 Å². The first-order valence-corrected chi connectivity index (χ1v) is 16.7. The van der Waals surface area contributed by atoms with Gasteiger partial charge in [-0.1, -0.05) is 74.3 Å². The molecule has 3 atom stereocenters. The fraction of sp³-hybridized carbons (Fsp3) is 0.840. The van der Waals surface area contributed by atoms with E-state index in [0.29, 0.717) is 35.9 Å². The van der Waals surface area contributed by atoms with E-state index in [4.69, 9.17) is 15.3 Å². The van der Waals surface area contributed by atoms with Gasteiger partial charge in [-0.2, -0.15) is 0 Å². The summed E-state index contributed by atoms with van der Waals surface area (Å²) in [7, 11) is -4.11. The van der Waals surface area contributed by atoms with E-state index in [1.165, 1.54) is 0 Å². The largest absolute Gasteiger partial charge is 0.414 e. The maximum atomic E-state index is 10.5. The molecule has 0 aliphatic rings. The fourth-order valence-electron chi connectivity index (χ4n) is 4.42. The lowest BCUT2D eigenvalue weighted by Crippen LogP contribution is -2.51. The van der Waals surface area contributed by atoms with Gasteiger partial charge in [-0.3, -0.25) is 0 Å². The minimum absolute atomic E-state index is 0.0907. The molecular formula is C25H50O3Si2. The van der Waals surface area contributed by atoms with Crippen LogP contribution < -0.4 is 0 Å². The summed E-state index contributed by atoms with van der Waals surface area (Å²) in [6.07, 6.45) is 8.59. The van der Waals surface area contributed by atoms with E-state index >= 15 is 0 Å². The van der Waals surface area contributed by atoms with E-state index in [9.17, 15) is 5.11 Å². The molecule has 0 radical (unpaired) electrons. The molecule has 0 amide bonds. The molecule has 30 heavy (non-hydrogen) atoms. The molecule has 0 unspecified atom stereocenters. The molecule has 0 rings (SSSR count). The van der Waals surface area contributed by atoms with E-state index < -0.39 is 22.7 Å². The average molecular weight is 455 g/mol. The molecule has 0 saturated carbocycles. The topological polar surface area (TPSA) is 38.7 Å². The second-order valence-electron chi connectivity index (χ2n) is 11.2. The lowest BCUT2D eigenvalue weighted by Gasteiger charge is -2.45. The van der Waals surface area contributed by atoms with E-state index in [2.05, 4.69) is 87.9 Å². The Labute approximate surface area is 190 Å². The standard InChI is InChI=1S/C25H50O3Si2/c1-14-16-22(26)17-24(27-29(12,13)25(9,10)11)18-23(15-2)28-30(19(3)4,20(5)6)21(7)8/h2,14,19-24,26H,1,16-18H2,3-13H3/t22-,23+,24+/m1/s1. The molecule has 0 heterocycles. The van der Waals surface area contributed by atoms with Gasteiger partial charge < -0.3 is 14.0 Å². The Morgan fingerprint density at radius 3 is 1.77 bits per heavy atom. The van der Waals surface area contributed by atoms with E-state index in [1.54, 1.807) is 6.08 Å². The predicted molar refractivity (Wildman–Crippen MR) is 137 cm³/mol. The number of rotatable bonds is 13. The van der Waals surface area contributed by atoms with Gasteiger partial charge in [0, 0.05) is 6.42 Å². The molecule has 1 N–H and O–H groups in total. The van der Waals surface area contributed by atoms with Crippen molar-refractivity contribution in [3.63, 3.8) is 0 Å². The Morgan fingerprint density at radius 2 is 1.43 bits per heavy atom. The van der Waals surface area contributed by atoms with Gasteiger partial charge >= 0.3 is 0 Å². The van der Waals surface area contributed by atoms with Crippen LogP contribution in [0.2, 0.25) is 34.8 Å². The second-order valence-corrected chi connectivity index (χ2v) is 21.4. The third-order valence-corrected chi connectivity index (χ3v) is 17.6. The van der Waals surface area contributed by atoms with Crippen LogP contribution in [0, 0.1) is 12.3 Å². The highest BCUT2D eigenvalue weighted by molar-refractivity contribution is 6.77. The third-order valence-electron chi connectivity index (χ3n) is 6.96. The maximum absolute atomic E-state index is 10.5. The first-order chi connectivity index (χ1) is 13.5. The molecule has 0 aromatic carbocycles. The van der Waals surface area contributed by atoms with Gasteiger partial charge in [0.1, 0.15) is 6.10 Å². The summed E-state index contributed by atoms with van der Waals surface area (Å²) in [4.78, 5) is 0. The van der Waals surface area contributed by atoms with E-state index in [-0.39, 0.29) is 17.2 Å². The SMILES string of the molecule is C#C[C@@H](C[C@H](C[C@H](O)CC=C)O[Si](C)(C)C(C)(C)C)O[Si](C(C)C)(C(C)C)C(C)C. The Kier molecular flexibility index (Phi) is 11.9. The summed E-state index contributed by atoms with van der Waals surface area (Å²) in [5.74, 6) is 2.93. The zero-order valence-corrected chi connectivity index (χ0v) is 23.7. The fourth-order valence-corrected chi connectivity index (χ4v) is 11.3. The van der Waals surface area contributed by atoms with Crippen molar-refractivity contribution in [2.45, 2.75) is 135 Å². The van der Waals surface area contributed by atoms with E-state index in [1.807, 2.05) is 0 Å². The molecule has 176 valence electrons. The summed E-state index contributed by atoms with van der Waals surface area (Å²) in [5.41, 5.74) is 1.42. The highest BCUT2D eigenvalue weighted by Crippen LogP contribution is 2.44. The smallest absolute Gasteiger partial charge is 0.202 e. The second kappa shape index (κ2) is 12.0. The summed E-state index contributed by atoms with van der Waals surface area (Å²) in [5, 5.41) is 10.6. The van der Waals surface area contributed by atoms with Crippen molar-refractivity contribution in [1.29, 1.82) is 0 Å². The Balaban J connectivity index is 5.80. The normalized spacial score (nSPS) is 16.6. The third kappa shape index (κ3) is 7.95. The first-order valence-electron chi connectivity index (χ1n) is 11.7. The summed E-state index contributed by atoms with van der Waals surface area (Å²) >= 11 is 0. The van der Waals surface area contributed by atoms with Crippen molar-refractivity contribution in [3.8, 4) is 12.3 Å². The zero-order valence-electron chi connectivity index (χ0n) is 21.7. The van der Waals surface area contributed by atoms with Gasteiger partial charge in [0.05, 0.1) is 12.2 Å². The Morgan fingerprint density at radius 1 is 0.967 bits per heavy atom. The number of hydrogen-bond acceptors (Lipinski definition) is 3. The monoisotopic (exact) mass is 454 g/mol. The van der Waals surface area contributed by atoms with Gasteiger partial charge in [-0.25, -0.2) is 0 Å². The van der Waals surface area contributed by atoms with Crippen LogP contribution >= 0.6 is 0 Å². The molecular weight excluding hydrogens is 404 g/mol. The van der Waals surface area contributed by atoms with E-state index in [0.717, 1.165) is 0 Å². The molecule has 0 fully saturated rings. The molecule has 0 aromatic rings. The highest BCUT2D eigenvalue weighted by Gasteiger charge is 2.47. The lowest BCUT2D eigenvalue weighted by molar-refractivity contribution is 0.0618. The Hall–Kier alpha value is -0.386. The van der Waals surface area contributed by atoms with Crippen LogP contribution in [0.4, 0.5) is 0 Å². The van der Waals surface area contributed by atoms with Crippen molar-refractivity contribution in [2.75, 3.05) is 0 Å². The van der Waals surface area contributed by atoms with Crippen LogP contribution in [0.1, 0.15) is 81.6 Å². The molecule has 0 aromatic heterocycles. The van der Waals surface area contributed by atoms with Crippen LogP contribution in [-0.4, -0.2) is 40.1 Å². The minimum Gasteiger partial charge on any atom is -0.414 e. The van der Waals surface area contributed by atoms with Crippen LogP contribution in [0.5, 0.6) is 0 Å². The molecule has 0 saturated heterocycles. The van der Waals surface area contributed by atoms with Crippen molar-refractivity contribution in [1.82, 2.24) is 0 Å². The zero-order chi connectivity index (χ0) is 23.9. The van der Waals surface area contributed by atoms with Crippen molar-refractivity contribution in [3.05, 3.63) is 12.7 Å². The molecule has 0 spiro atoms. The quantitative estimate of drug-likeness (QED) is 0.180. The highest BCUT2D eigenvalue weighted by atomic mass is 28.4. The van der Waals surface area contributed by atoms with Crippen molar-refractivity contribution in [2.24, 2.45) is 0 Å². The van der Waals surface area contributed by atoms with Crippen LogP contribution in [0.25, 0.3) is 0 Å². The number of terminal acetylenes is 1. The molecule has 0 aliphatic heterocycles. The lowest BCUT2D eigenvalue weighted by atomic mass is 10.0. The molecule has 0 aliphatic carbocycles. The van der Waals surface area contributed by atoms with Gasteiger partial charge in [0.15, 0.2) is 8.32 Å². The number of aliphatic hydroxyl groups excluding tert-OH is 1. The van der Waals surface area contributed by atoms with Gasteiger partial charge in [-0.15, -0.1) is 13.0 Å². The minimum atomic E-state index is -2.09. The number of aliphatic hydroxyl groups is 1. The molecule has 3 nitrogen and oxygen atoms in total. The summed E-state index contributed by atoms with van der Waals surface area (Å²) < 4.78 is 13.6. The first kappa shape index (κ1) is 29.6. The summed E-state index contributed by atoms with van der Waals surface area (Å²) in [6, 6.07) is 0. The summed E-state index contributed by atoms with van der Waals surface area (Å²) in [6.45, 7) is 28.6.